The van der Waals surface area contributed by atoms with Crippen LogP contribution in [0.15, 0.2) is 30.3 Å². The van der Waals surface area contributed by atoms with Crippen LogP contribution < -0.4 is 5.32 Å². The van der Waals surface area contributed by atoms with Gasteiger partial charge in [-0.05, 0) is 43.8 Å². The van der Waals surface area contributed by atoms with Gasteiger partial charge in [0.05, 0.1) is 6.54 Å². The van der Waals surface area contributed by atoms with Gasteiger partial charge in [-0.15, -0.1) is 0 Å². The number of likely N-dealkylation sites (tertiary alicyclic amines) is 2. The molecule has 2 saturated heterocycles. The minimum absolute atomic E-state index is 0.0505. The van der Waals surface area contributed by atoms with Crippen LogP contribution in [0, 0.1) is 0 Å². The van der Waals surface area contributed by atoms with E-state index in [-0.39, 0.29) is 6.03 Å². The molecule has 24 heavy (non-hydrogen) atoms. The smallest absolute Gasteiger partial charge is 0.317 e. The highest BCUT2D eigenvalue weighted by molar-refractivity contribution is 5.80. The van der Waals surface area contributed by atoms with Gasteiger partial charge in [0.2, 0.25) is 0 Å². The molecule has 4 rings (SSSR count). The van der Waals surface area contributed by atoms with E-state index in [1.54, 1.807) is 0 Å². The number of nitrogens with one attached hydrogen (secondary N) is 2. The largest absolute Gasteiger partial charge is 0.357 e. The molecule has 0 radical (unpaired) electrons. The van der Waals surface area contributed by atoms with E-state index >= 15 is 0 Å². The third-order valence-electron chi connectivity index (χ3n) is 5.49. The van der Waals surface area contributed by atoms with Crippen LogP contribution >= 0.6 is 0 Å². The van der Waals surface area contributed by atoms with E-state index in [2.05, 4.69) is 40.3 Å². The first-order valence-electron chi connectivity index (χ1n) is 9.06. The van der Waals surface area contributed by atoms with E-state index in [0.29, 0.717) is 18.6 Å². The van der Waals surface area contributed by atoms with E-state index in [0.717, 1.165) is 24.3 Å². The van der Waals surface area contributed by atoms with Crippen molar-refractivity contribution >= 4 is 16.9 Å². The zero-order valence-corrected chi connectivity index (χ0v) is 14.3. The average Bonchev–Trinajstić information content (AvgIpc) is 2.96. The Hall–Kier alpha value is -2.01. The van der Waals surface area contributed by atoms with Gasteiger partial charge in [0.25, 0.3) is 0 Å². The van der Waals surface area contributed by atoms with Crippen LogP contribution in [0.1, 0.15) is 31.9 Å². The van der Waals surface area contributed by atoms with Gasteiger partial charge in [0.1, 0.15) is 0 Å². The van der Waals surface area contributed by atoms with Crippen molar-refractivity contribution in [1.82, 2.24) is 20.1 Å². The minimum Gasteiger partial charge on any atom is -0.357 e. The molecule has 2 fully saturated rings. The molecule has 0 saturated carbocycles. The maximum Gasteiger partial charge on any atom is 0.317 e. The third-order valence-corrected chi connectivity index (χ3v) is 5.49. The highest BCUT2D eigenvalue weighted by Crippen LogP contribution is 2.24. The van der Waals surface area contributed by atoms with Crippen LogP contribution in [-0.2, 0) is 6.54 Å². The van der Waals surface area contributed by atoms with E-state index in [9.17, 15) is 4.79 Å². The molecule has 0 aliphatic carbocycles. The van der Waals surface area contributed by atoms with Crippen molar-refractivity contribution in [3.63, 3.8) is 0 Å². The lowest BCUT2D eigenvalue weighted by Crippen LogP contribution is -2.64. The Bertz CT molecular complexity index is 686. The maximum atomic E-state index is 12.3. The van der Waals surface area contributed by atoms with Crippen LogP contribution in [0.25, 0.3) is 10.9 Å². The van der Waals surface area contributed by atoms with E-state index < -0.39 is 0 Å². The molecular weight excluding hydrogens is 300 g/mol. The molecule has 3 heterocycles. The summed E-state index contributed by atoms with van der Waals surface area (Å²) in [7, 11) is 0. The number of piperidine rings is 1. The molecule has 2 amide bonds. The number of fused-ring (bicyclic) bond motifs is 1. The summed E-state index contributed by atoms with van der Waals surface area (Å²) >= 11 is 0. The summed E-state index contributed by atoms with van der Waals surface area (Å²) in [5.41, 5.74) is 2.16. The number of benzene rings is 1. The molecule has 0 spiro atoms. The van der Waals surface area contributed by atoms with Crippen molar-refractivity contribution in [2.45, 2.75) is 44.8 Å². The molecule has 128 valence electrons. The number of urea groups is 1. The van der Waals surface area contributed by atoms with Crippen molar-refractivity contribution in [2.75, 3.05) is 19.6 Å². The molecule has 2 N–H and O–H groups in total. The van der Waals surface area contributed by atoms with Crippen molar-refractivity contribution < 1.29 is 4.79 Å². The van der Waals surface area contributed by atoms with Gasteiger partial charge in [-0.1, -0.05) is 24.6 Å². The van der Waals surface area contributed by atoms with Crippen LogP contribution in [-0.4, -0.2) is 52.5 Å². The fourth-order valence-electron chi connectivity index (χ4n) is 4.01. The van der Waals surface area contributed by atoms with Gasteiger partial charge >= 0.3 is 6.03 Å². The highest BCUT2D eigenvalue weighted by atomic mass is 16.2. The summed E-state index contributed by atoms with van der Waals surface area (Å²) in [6, 6.07) is 11.6. The van der Waals surface area contributed by atoms with Crippen molar-refractivity contribution in [3.8, 4) is 0 Å². The molecule has 2 aromatic rings. The SMILES string of the molecule is C[C@H]1CCCCN1C1CN(C(=O)NCc2cc3ccccc3[nH]2)C1. The molecule has 5 heteroatoms. The monoisotopic (exact) mass is 326 g/mol. The van der Waals surface area contributed by atoms with Gasteiger partial charge in [-0.25, -0.2) is 4.79 Å². The Labute approximate surface area is 143 Å². The van der Waals surface area contributed by atoms with Gasteiger partial charge in [0, 0.05) is 36.4 Å². The van der Waals surface area contributed by atoms with E-state index in [4.69, 9.17) is 0 Å². The molecule has 1 aromatic carbocycles. The number of nitrogens with zero attached hydrogens (tertiary/aromatic N) is 2. The highest BCUT2D eigenvalue weighted by Gasteiger charge is 2.37. The lowest BCUT2D eigenvalue weighted by molar-refractivity contribution is 0.0169. The van der Waals surface area contributed by atoms with Gasteiger partial charge in [-0.2, -0.15) is 0 Å². The van der Waals surface area contributed by atoms with Crippen LogP contribution in [0.4, 0.5) is 4.79 Å². The van der Waals surface area contributed by atoms with E-state index in [1.807, 2.05) is 17.0 Å². The summed E-state index contributed by atoms with van der Waals surface area (Å²) in [5, 5.41) is 4.22. The molecule has 1 aromatic heterocycles. The number of aromatic nitrogens is 1. The van der Waals surface area contributed by atoms with Gasteiger partial charge < -0.3 is 15.2 Å². The second-order valence-electron chi connectivity index (χ2n) is 7.18. The zero-order chi connectivity index (χ0) is 16.5. The van der Waals surface area contributed by atoms with Crippen LogP contribution in [0.5, 0.6) is 0 Å². The number of hydrogen-bond donors (Lipinski definition) is 2. The Balaban J connectivity index is 1.27. The first kappa shape index (κ1) is 15.5. The minimum atomic E-state index is 0.0505. The molecule has 1 atom stereocenters. The first-order valence-corrected chi connectivity index (χ1v) is 9.06. The number of carbonyl (C=O) groups is 1. The zero-order valence-electron chi connectivity index (χ0n) is 14.3. The topological polar surface area (TPSA) is 51.4 Å². The fraction of sp³-hybridized carbons (Fsp3) is 0.526. The molecule has 0 unspecified atom stereocenters. The Morgan fingerprint density at radius 3 is 2.92 bits per heavy atom. The Morgan fingerprint density at radius 2 is 2.12 bits per heavy atom. The molecular formula is C19H26N4O. The number of carbonyl (C=O) groups excluding carboxylic acids is 1. The quantitative estimate of drug-likeness (QED) is 0.911. The predicted octanol–water partition coefficient (Wildman–Crippen LogP) is 2.94. The summed E-state index contributed by atoms with van der Waals surface area (Å²) in [6.45, 7) is 5.79. The summed E-state index contributed by atoms with van der Waals surface area (Å²) < 4.78 is 0. The number of H-pyrrole nitrogens is 1. The van der Waals surface area contributed by atoms with Crippen molar-refractivity contribution in [1.29, 1.82) is 0 Å². The lowest BCUT2D eigenvalue weighted by Gasteiger charge is -2.49. The first-order chi connectivity index (χ1) is 11.7. The lowest BCUT2D eigenvalue weighted by atomic mass is 9.98. The number of amides is 2. The van der Waals surface area contributed by atoms with Crippen LogP contribution in [0.3, 0.4) is 0 Å². The number of rotatable bonds is 3. The second-order valence-corrected chi connectivity index (χ2v) is 7.18. The molecule has 2 aliphatic heterocycles. The number of hydrogen-bond acceptors (Lipinski definition) is 2. The summed E-state index contributed by atoms with van der Waals surface area (Å²) in [5.74, 6) is 0. The predicted molar refractivity (Wildman–Crippen MR) is 95.9 cm³/mol. The maximum absolute atomic E-state index is 12.3. The molecule has 5 nitrogen and oxygen atoms in total. The fourth-order valence-corrected chi connectivity index (χ4v) is 4.01. The van der Waals surface area contributed by atoms with Crippen LogP contribution in [0.2, 0.25) is 0 Å². The summed E-state index contributed by atoms with van der Waals surface area (Å²) in [6.07, 6.45) is 3.94. The normalized spacial score (nSPS) is 22.5. The second kappa shape index (κ2) is 6.48. The average molecular weight is 326 g/mol. The standard InChI is InChI=1S/C19H26N4O/c1-14-6-4-5-9-23(14)17-12-22(13-17)19(24)20-11-16-10-15-7-2-3-8-18(15)21-16/h2-3,7-8,10,14,17,21H,4-6,9,11-13H2,1H3,(H,20,24)/t14-/m0/s1. The number of aromatic amines is 1. The summed E-state index contributed by atoms with van der Waals surface area (Å²) in [4.78, 5) is 20.2. The molecule has 0 bridgehead atoms. The van der Waals surface area contributed by atoms with Gasteiger partial charge in [0.15, 0.2) is 0 Å². The van der Waals surface area contributed by atoms with Crippen molar-refractivity contribution in [2.24, 2.45) is 0 Å². The van der Waals surface area contributed by atoms with Gasteiger partial charge in [-0.3, -0.25) is 4.90 Å². The molecule has 2 aliphatic rings. The van der Waals surface area contributed by atoms with E-state index in [1.165, 1.54) is 31.2 Å². The Kier molecular flexibility index (Phi) is 4.19. The third kappa shape index (κ3) is 3.00. The van der Waals surface area contributed by atoms with Crippen molar-refractivity contribution in [3.05, 3.63) is 36.0 Å². The number of para-hydroxylation sites is 1. The Morgan fingerprint density at radius 1 is 1.29 bits per heavy atom.